The minimum Gasteiger partial charge on any atom is -0.358 e. The van der Waals surface area contributed by atoms with E-state index in [4.69, 9.17) is 6.42 Å². The fourth-order valence-electron chi connectivity index (χ4n) is 2.98. The number of likely N-dealkylation sites (N-methyl/N-ethyl adjacent to an activating group) is 1. The van der Waals surface area contributed by atoms with Gasteiger partial charge < -0.3 is 5.32 Å². The third kappa shape index (κ3) is 3.58. The van der Waals surface area contributed by atoms with Gasteiger partial charge in [0.25, 0.3) is 11.5 Å². The largest absolute Gasteiger partial charge is 0.358 e. The standard InChI is InChI=1S/C21H19N5O4/c1-5-13-7-6-8-14(11-13)26(12-17(27)22-2)20(29)16-10-9-15-18(23-16)24(3)21(30)25(4)19(15)28/h1,6-11H,12H2,2-4H3,(H,22,27). The summed E-state index contributed by atoms with van der Waals surface area (Å²) in [6.45, 7) is -0.265. The van der Waals surface area contributed by atoms with Crippen molar-refractivity contribution in [2.75, 3.05) is 18.5 Å². The van der Waals surface area contributed by atoms with Crippen LogP contribution in [0.1, 0.15) is 16.1 Å². The second-order valence-corrected chi connectivity index (χ2v) is 6.53. The van der Waals surface area contributed by atoms with Gasteiger partial charge in [0.1, 0.15) is 17.9 Å². The molecule has 0 unspecified atom stereocenters. The Morgan fingerprint density at radius 1 is 1.17 bits per heavy atom. The minimum atomic E-state index is -0.581. The third-order valence-electron chi connectivity index (χ3n) is 4.67. The topological polar surface area (TPSA) is 106 Å². The summed E-state index contributed by atoms with van der Waals surface area (Å²) >= 11 is 0. The summed E-state index contributed by atoms with van der Waals surface area (Å²) in [5.41, 5.74) is -0.0672. The third-order valence-corrected chi connectivity index (χ3v) is 4.67. The number of nitrogens with one attached hydrogen (secondary N) is 1. The molecule has 3 rings (SSSR count). The summed E-state index contributed by atoms with van der Waals surface area (Å²) in [5.74, 6) is 1.52. The summed E-state index contributed by atoms with van der Waals surface area (Å²) in [7, 11) is 4.29. The molecular formula is C21H19N5O4. The number of fused-ring (bicyclic) bond motifs is 1. The van der Waals surface area contributed by atoms with Crippen molar-refractivity contribution in [3.8, 4) is 12.3 Å². The summed E-state index contributed by atoms with van der Waals surface area (Å²) in [4.78, 5) is 55.3. The first-order valence-corrected chi connectivity index (χ1v) is 8.94. The van der Waals surface area contributed by atoms with Gasteiger partial charge in [-0.15, -0.1) is 6.42 Å². The molecule has 0 aliphatic rings. The molecule has 0 aliphatic carbocycles. The number of hydrogen-bond donors (Lipinski definition) is 1. The highest BCUT2D eigenvalue weighted by Crippen LogP contribution is 2.19. The van der Waals surface area contributed by atoms with Crippen LogP contribution in [-0.2, 0) is 18.9 Å². The van der Waals surface area contributed by atoms with Crippen molar-refractivity contribution in [1.82, 2.24) is 19.4 Å². The first kappa shape index (κ1) is 20.5. The lowest BCUT2D eigenvalue weighted by Gasteiger charge is -2.22. The van der Waals surface area contributed by atoms with E-state index in [1.807, 2.05) is 0 Å². The number of nitrogens with zero attached hydrogens (tertiary/aromatic N) is 4. The number of benzene rings is 1. The van der Waals surface area contributed by atoms with E-state index in [1.54, 1.807) is 24.3 Å². The molecule has 2 amide bonds. The van der Waals surface area contributed by atoms with Gasteiger partial charge in [-0.25, -0.2) is 9.78 Å². The highest BCUT2D eigenvalue weighted by Gasteiger charge is 2.23. The molecule has 3 aromatic rings. The zero-order valence-corrected chi connectivity index (χ0v) is 16.7. The highest BCUT2D eigenvalue weighted by atomic mass is 16.2. The predicted molar refractivity (Wildman–Crippen MR) is 112 cm³/mol. The summed E-state index contributed by atoms with van der Waals surface area (Å²) in [6.07, 6.45) is 5.44. The van der Waals surface area contributed by atoms with Crippen molar-refractivity contribution in [3.05, 3.63) is 68.5 Å². The number of hydrogen-bond acceptors (Lipinski definition) is 5. The zero-order chi connectivity index (χ0) is 22.0. The van der Waals surface area contributed by atoms with Crippen LogP contribution in [0.3, 0.4) is 0 Å². The molecule has 9 heteroatoms. The number of terminal acetylenes is 1. The molecule has 0 saturated heterocycles. The molecule has 9 nitrogen and oxygen atoms in total. The smallest absolute Gasteiger partial charge is 0.332 e. The van der Waals surface area contributed by atoms with Crippen LogP contribution in [0.4, 0.5) is 5.69 Å². The fraction of sp³-hybridized carbons (Fsp3) is 0.190. The maximum absolute atomic E-state index is 13.2. The zero-order valence-electron chi connectivity index (χ0n) is 16.7. The summed E-state index contributed by atoms with van der Waals surface area (Å²) in [5, 5.41) is 2.67. The number of pyridine rings is 1. The number of carbonyl (C=O) groups excluding carboxylic acids is 2. The number of carbonyl (C=O) groups is 2. The van der Waals surface area contributed by atoms with Crippen molar-refractivity contribution in [3.63, 3.8) is 0 Å². The van der Waals surface area contributed by atoms with Gasteiger partial charge in [0.15, 0.2) is 0 Å². The lowest BCUT2D eigenvalue weighted by atomic mass is 10.1. The molecule has 0 aliphatic heterocycles. The van der Waals surface area contributed by atoms with Gasteiger partial charge in [-0.1, -0.05) is 12.0 Å². The van der Waals surface area contributed by atoms with Gasteiger partial charge >= 0.3 is 5.69 Å². The van der Waals surface area contributed by atoms with E-state index in [2.05, 4.69) is 16.2 Å². The normalized spacial score (nSPS) is 10.5. The van der Waals surface area contributed by atoms with Crippen LogP contribution in [0.2, 0.25) is 0 Å². The van der Waals surface area contributed by atoms with Crippen LogP contribution in [0.5, 0.6) is 0 Å². The molecule has 152 valence electrons. The average Bonchev–Trinajstić information content (AvgIpc) is 2.78. The van der Waals surface area contributed by atoms with Crippen molar-refractivity contribution in [2.24, 2.45) is 14.1 Å². The van der Waals surface area contributed by atoms with E-state index in [1.165, 1.54) is 42.7 Å². The number of amides is 2. The van der Waals surface area contributed by atoms with Crippen LogP contribution in [0.25, 0.3) is 11.0 Å². The summed E-state index contributed by atoms with van der Waals surface area (Å²) in [6, 6.07) is 9.45. The predicted octanol–water partition coefficient (Wildman–Crippen LogP) is 0.00630. The van der Waals surface area contributed by atoms with Crippen LogP contribution < -0.4 is 21.5 Å². The Bertz CT molecular complexity index is 1330. The Labute approximate surface area is 171 Å². The number of anilines is 1. The van der Waals surface area contributed by atoms with Crippen LogP contribution in [0.15, 0.2) is 46.0 Å². The van der Waals surface area contributed by atoms with Crippen molar-refractivity contribution < 1.29 is 9.59 Å². The second kappa shape index (κ2) is 8.05. The van der Waals surface area contributed by atoms with Gasteiger partial charge in [-0.2, -0.15) is 0 Å². The number of rotatable bonds is 4. The van der Waals surface area contributed by atoms with Crippen molar-refractivity contribution in [2.45, 2.75) is 0 Å². The Hall–Kier alpha value is -4.19. The maximum Gasteiger partial charge on any atom is 0.332 e. The molecule has 1 aromatic carbocycles. The van der Waals surface area contributed by atoms with E-state index < -0.39 is 23.1 Å². The molecule has 0 saturated carbocycles. The van der Waals surface area contributed by atoms with E-state index in [0.29, 0.717) is 11.3 Å². The minimum absolute atomic E-state index is 0.0271. The Balaban J connectivity index is 2.15. The second-order valence-electron chi connectivity index (χ2n) is 6.53. The number of aryl methyl sites for hydroxylation is 1. The first-order valence-electron chi connectivity index (χ1n) is 8.94. The lowest BCUT2D eigenvalue weighted by Crippen LogP contribution is -2.40. The van der Waals surface area contributed by atoms with E-state index >= 15 is 0 Å². The fourth-order valence-corrected chi connectivity index (χ4v) is 2.98. The molecule has 1 N–H and O–H groups in total. The molecule has 30 heavy (non-hydrogen) atoms. The molecule has 2 heterocycles. The van der Waals surface area contributed by atoms with Gasteiger partial charge in [0.05, 0.1) is 5.39 Å². The molecule has 0 fully saturated rings. The Morgan fingerprint density at radius 2 is 1.90 bits per heavy atom. The van der Waals surface area contributed by atoms with Crippen LogP contribution in [0, 0.1) is 12.3 Å². The monoisotopic (exact) mass is 405 g/mol. The quantitative estimate of drug-likeness (QED) is 0.616. The van der Waals surface area contributed by atoms with Crippen molar-refractivity contribution in [1.29, 1.82) is 0 Å². The maximum atomic E-state index is 13.2. The van der Waals surface area contributed by atoms with Gasteiger partial charge in [0, 0.05) is 32.4 Å². The molecule has 0 spiro atoms. The van der Waals surface area contributed by atoms with Crippen LogP contribution in [-0.4, -0.2) is 39.5 Å². The Kier molecular flexibility index (Phi) is 5.51. The van der Waals surface area contributed by atoms with Gasteiger partial charge in [0.2, 0.25) is 5.91 Å². The van der Waals surface area contributed by atoms with E-state index in [0.717, 1.165) is 4.57 Å². The molecular weight excluding hydrogens is 386 g/mol. The molecule has 0 radical (unpaired) electrons. The van der Waals surface area contributed by atoms with Gasteiger partial charge in [-0.3, -0.25) is 28.4 Å². The molecule has 0 bridgehead atoms. The Morgan fingerprint density at radius 3 is 2.57 bits per heavy atom. The van der Waals surface area contributed by atoms with Gasteiger partial charge in [-0.05, 0) is 30.3 Å². The highest BCUT2D eigenvalue weighted by molar-refractivity contribution is 6.08. The SMILES string of the molecule is C#Cc1cccc(N(CC(=O)NC)C(=O)c2ccc3c(=O)n(C)c(=O)n(C)c3n2)c1. The number of aromatic nitrogens is 3. The lowest BCUT2D eigenvalue weighted by molar-refractivity contribution is -0.119. The molecule has 2 aromatic heterocycles. The molecule has 0 atom stereocenters. The van der Waals surface area contributed by atoms with E-state index in [-0.39, 0.29) is 23.3 Å². The summed E-state index contributed by atoms with van der Waals surface area (Å²) < 4.78 is 2.16. The average molecular weight is 405 g/mol. The van der Waals surface area contributed by atoms with Crippen LogP contribution >= 0.6 is 0 Å². The van der Waals surface area contributed by atoms with Crippen molar-refractivity contribution >= 4 is 28.5 Å². The first-order chi connectivity index (χ1) is 14.3. The van der Waals surface area contributed by atoms with E-state index in [9.17, 15) is 19.2 Å².